The van der Waals surface area contributed by atoms with Crippen molar-refractivity contribution in [2.75, 3.05) is 5.32 Å². The van der Waals surface area contributed by atoms with E-state index in [1.54, 1.807) is 19.1 Å². The van der Waals surface area contributed by atoms with Crippen molar-refractivity contribution in [3.8, 4) is 0 Å². The van der Waals surface area contributed by atoms with Crippen LogP contribution in [0.25, 0.3) is 0 Å². The molecule has 0 unspecified atom stereocenters. The molecule has 3 aromatic rings. The lowest BCUT2D eigenvalue weighted by atomic mass is 9.76. The SMILES string of the molecule is CC(=O)c1ccc2c(c1)[C@H]1[C@@H](Cl)[C@@H](Sc3ccccc3[N+](=O)[O-])C[C@H]1[C@H](c1ccc(Br)cc1)N2. The van der Waals surface area contributed by atoms with Crippen LogP contribution in [0.3, 0.4) is 0 Å². The molecule has 0 saturated heterocycles. The van der Waals surface area contributed by atoms with Crippen molar-refractivity contribution >= 4 is 56.5 Å². The third-order valence-corrected chi connectivity index (χ3v) is 9.43. The molecule has 3 aromatic carbocycles. The molecule has 1 N–H and O–H groups in total. The first-order chi connectivity index (χ1) is 16.3. The van der Waals surface area contributed by atoms with Crippen LogP contribution in [0.1, 0.15) is 46.8 Å². The molecule has 0 spiro atoms. The normalized spacial score (nSPS) is 25.2. The lowest BCUT2D eigenvalue weighted by Gasteiger charge is -2.38. The van der Waals surface area contributed by atoms with Crippen molar-refractivity contribution in [3.05, 3.63) is 98.0 Å². The van der Waals surface area contributed by atoms with E-state index >= 15 is 0 Å². The molecule has 174 valence electrons. The van der Waals surface area contributed by atoms with Gasteiger partial charge in [0.2, 0.25) is 0 Å². The number of fused-ring (bicyclic) bond motifs is 3. The number of carbonyl (C=O) groups is 1. The van der Waals surface area contributed by atoms with E-state index in [1.165, 1.54) is 23.4 Å². The van der Waals surface area contributed by atoms with E-state index in [2.05, 4.69) is 33.4 Å². The Morgan fingerprint density at radius 3 is 2.59 bits per heavy atom. The Labute approximate surface area is 215 Å². The molecular formula is C26H22BrClN2O3S. The molecule has 1 aliphatic heterocycles. The summed E-state index contributed by atoms with van der Waals surface area (Å²) in [5.41, 5.74) is 3.98. The van der Waals surface area contributed by atoms with Gasteiger partial charge in [-0.05, 0) is 66.8 Å². The number of rotatable bonds is 5. The smallest absolute Gasteiger partial charge is 0.282 e. The molecule has 0 amide bonds. The Balaban J connectivity index is 1.55. The van der Waals surface area contributed by atoms with E-state index < -0.39 is 0 Å². The number of ketones is 1. The van der Waals surface area contributed by atoms with Gasteiger partial charge >= 0.3 is 0 Å². The van der Waals surface area contributed by atoms with Crippen LogP contribution in [-0.4, -0.2) is 21.3 Å². The molecule has 34 heavy (non-hydrogen) atoms. The maximum absolute atomic E-state index is 12.1. The van der Waals surface area contributed by atoms with Crippen molar-refractivity contribution in [2.24, 2.45) is 5.92 Å². The van der Waals surface area contributed by atoms with E-state index in [-0.39, 0.29) is 44.9 Å². The fourth-order valence-corrected chi connectivity index (χ4v) is 7.41. The quantitative estimate of drug-likeness (QED) is 0.151. The minimum atomic E-state index is -0.339. The van der Waals surface area contributed by atoms with Crippen molar-refractivity contribution in [2.45, 2.75) is 40.8 Å². The molecule has 5 nitrogen and oxygen atoms in total. The third-order valence-electron chi connectivity index (χ3n) is 6.79. The van der Waals surface area contributed by atoms with Crippen LogP contribution in [0.15, 0.2) is 76.1 Å². The predicted octanol–water partition coefficient (Wildman–Crippen LogP) is 7.60. The summed E-state index contributed by atoms with van der Waals surface area (Å²) in [4.78, 5) is 24.0. The van der Waals surface area contributed by atoms with Gasteiger partial charge < -0.3 is 5.32 Å². The number of anilines is 1. The Morgan fingerprint density at radius 2 is 1.88 bits per heavy atom. The Hall–Kier alpha value is -2.35. The first-order valence-electron chi connectivity index (χ1n) is 11.0. The average Bonchev–Trinajstić information content (AvgIpc) is 3.15. The lowest BCUT2D eigenvalue weighted by molar-refractivity contribution is -0.387. The van der Waals surface area contributed by atoms with Crippen molar-refractivity contribution in [1.82, 2.24) is 0 Å². The summed E-state index contributed by atoms with van der Waals surface area (Å²) in [5.74, 6) is 0.217. The Morgan fingerprint density at radius 1 is 1.15 bits per heavy atom. The minimum Gasteiger partial charge on any atom is -0.378 e. The molecule has 1 fully saturated rings. The van der Waals surface area contributed by atoms with Gasteiger partial charge in [0.15, 0.2) is 5.78 Å². The molecule has 5 rings (SSSR count). The molecule has 5 atom stereocenters. The van der Waals surface area contributed by atoms with E-state index in [9.17, 15) is 14.9 Å². The first kappa shape index (κ1) is 23.4. The highest BCUT2D eigenvalue weighted by Gasteiger charge is 2.50. The van der Waals surface area contributed by atoms with Gasteiger partial charge in [0.05, 0.1) is 21.2 Å². The number of nitro groups is 1. The van der Waals surface area contributed by atoms with Gasteiger partial charge in [-0.2, -0.15) is 0 Å². The highest BCUT2D eigenvalue weighted by Crippen LogP contribution is 2.58. The number of Topliss-reactive ketones (excluding diaryl/α,β-unsaturated/α-hetero) is 1. The van der Waals surface area contributed by atoms with Gasteiger partial charge in [0.25, 0.3) is 5.69 Å². The van der Waals surface area contributed by atoms with Crippen LogP contribution in [0.2, 0.25) is 0 Å². The third kappa shape index (κ3) is 4.25. The molecule has 8 heteroatoms. The molecule has 0 bridgehead atoms. The van der Waals surface area contributed by atoms with Gasteiger partial charge in [0, 0.05) is 33.0 Å². The van der Waals surface area contributed by atoms with Gasteiger partial charge in [-0.25, -0.2) is 0 Å². The predicted molar refractivity (Wildman–Crippen MR) is 140 cm³/mol. The maximum Gasteiger partial charge on any atom is 0.282 e. The molecule has 1 heterocycles. The number of nitrogens with zero attached hydrogens (tertiary/aromatic N) is 1. The number of hydrogen-bond acceptors (Lipinski definition) is 5. The Bertz CT molecular complexity index is 1270. The fraction of sp³-hybridized carbons (Fsp3) is 0.269. The van der Waals surface area contributed by atoms with Crippen LogP contribution >= 0.6 is 39.3 Å². The van der Waals surface area contributed by atoms with Gasteiger partial charge in [-0.3, -0.25) is 14.9 Å². The number of halogens is 2. The summed E-state index contributed by atoms with van der Waals surface area (Å²) in [6.07, 6.45) is 0.799. The summed E-state index contributed by atoms with van der Waals surface area (Å²) in [7, 11) is 0. The maximum atomic E-state index is 12.1. The van der Waals surface area contributed by atoms with Gasteiger partial charge in [-0.15, -0.1) is 23.4 Å². The lowest BCUT2D eigenvalue weighted by Crippen LogP contribution is -2.31. The second kappa shape index (κ2) is 9.36. The van der Waals surface area contributed by atoms with E-state index in [1.807, 2.05) is 36.4 Å². The zero-order valence-corrected chi connectivity index (χ0v) is 21.4. The van der Waals surface area contributed by atoms with Crippen LogP contribution < -0.4 is 5.32 Å². The number of benzene rings is 3. The molecule has 0 radical (unpaired) electrons. The topological polar surface area (TPSA) is 72.2 Å². The summed E-state index contributed by atoms with van der Waals surface area (Å²) >= 11 is 12.2. The summed E-state index contributed by atoms with van der Waals surface area (Å²) in [6, 6.07) is 21.0. The fourth-order valence-electron chi connectivity index (χ4n) is 5.21. The van der Waals surface area contributed by atoms with E-state index in [4.69, 9.17) is 11.6 Å². The van der Waals surface area contributed by atoms with Crippen LogP contribution in [0.4, 0.5) is 11.4 Å². The van der Waals surface area contributed by atoms with Crippen molar-refractivity contribution in [1.29, 1.82) is 0 Å². The number of hydrogen-bond donors (Lipinski definition) is 1. The number of nitro benzene ring substituents is 1. The second-order valence-electron chi connectivity index (χ2n) is 8.78. The molecule has 1 saturated carbocycles. The highest BCUT2D eigenvalue weighted by atomic mass is 79.9. The largest absolute Gasteiger partial charge is 0.378 e. The molecular weight excluding hydrogens is 536 g/mol. The summed E-state index contributed by atoms with van der Waals surface area (Å²) in [6.45, 7) is 1.57. The second-order valence-corrected chi connectivity index (χ2v) is 11.5. The van der Waals surface area contributed by atoms with Gasteiger partial charge in [0.1, 0.15) is 0 Å². The van der Waals surface area contributed by atoms with Crippen LogP contribution in [-0.2, 0) is 0 Å². The number of alkyl halides is 1. The summed E-state index contributed by atoms with van der Waals surface area (Å²) < 4.78 is 1.02. The molecule has 2 aliphatic rings. The van der Waals surface area contributed by atoms with Crippen LogP contribution in [0.5, 0.6) is 0 Å². The number of nitrogens with one attached hydrogen (secondary N) is 1. The Kier molecular flexibility index (Phi) is 6.44. The monoisotopic (exact) mass is 556 g/mol. The molecule has 0 aromatic heterocycles. The van der Waals surface area contributed by atoms with Crippen molar-refractivity contribution < 1.29 is 9.72 Å². The van der Waals surface area contributed by atoms with Crippen LogP contribution in [0, 0.1) is 16.0 Å². The van der Waals surface area contributed by atoms with Gasteiger partial charge in [-0.1, -0.05) is 40.2 Å². The zero-order valence-electron chi connectivity index (χ0n) is 18.3. The number of carbonyl (C=O) groups excluding carboxylic acids is 1. The molecule has 1 aliphatic carbocycles. The first-order valence-corrected chi connectivity index (χ1v) is 13.2. The highest BCUT2D eigenvalue weighted by molar-refractivity contribution is 9.10. The standard InChI is InChI=1S/C26H22BrClN2O3S/c1-14(31)16-8-11-20-18(12-16)24-19(26(29-20)15-6-9-17(27)10-7-15)13-23(25(24)28)34-22-5-3-2-4-21(22)30(32)33/h2-12,19,23-26,29H,13H2,1H3/t19-,23+,24-,25+,26+/m1/s1. The average molecular weight is 558 g/mol. The minimum absolute atomic E-state index is 0.00977. The summed E-state index contributed by atoms with van der Waals surface area (Å²) in [5, 5.41) is 15.0. The van der Waals surface area contributed by atoms with Crippen molar-refractivity contribution in [3.63, 3.8) is 0 Å². The number of para-hydroxylation sites is 1. The van der Waals surface area contributed by atoms with E-state index in [0.717, 1.165) is 22.1 Å². The zero-order chi connectivity index (χ0) is 24.0. The van der Waals surface area contributed by atoms with E-state index in [0.29, 0.717) is 10.5 Å². The number of thioether (sulfide) groups is 1.